The molecule has 1 atom stereocenters. The Bertz CT molecular complexity index is 495. The van der Waals surface area contributed by atoms with Crippen LogP contribution < -0.4 is 0 Å². The molecule has 112 valence electrons. The summed E-state index contributed by atoms with van der Waals surface area (Å²) in [5, 5.41) is 13.6. The van der Waals surface area contributed by atoms with Crippen LogP contribution in [0.2, 0.25) is 0 Å². The zero-order valence-corrected chi connectivity index (χ0v) is 13.9. The number of aromatic nitrogens is 2. The maximum Gasteiger partial charge on any atom is 0.306 e. The van der Waals surface area contributed by atoms with E-state index in [-0.39, 0.29) is 11.8 Å². The van der Waals surface area contributed by atoms with Crippen molar-refractivity contribution < 1.29 is 9.90 Å². The predicted molar refractivity (Wildman–Crippen MR) is 80.5 cm³/mol. The van der Waals surface area contributed by atoms with Gasteiger partial charge in [0, 0.05) is 26.2 Å². The lowest BCUT2D eigenvalue weighted by molar-refractivity contribution is -0.145. The topological polar surface area (TPSA) is 58.4 Å². The number of rotatable bonds is 6. The van der Waals surface area contributed by atoms with Gasteiger partial charge < -0.3 is 5.11 Å². The van der Waals surface area contributed by atoms with Gasteiger partial charge in [0.1, 0.15) is 0 Å². The minimum Gasteiger partial charge on any atom is -0.481 e. The minimum atomic E-state index is -0.692. The molecule has 6 heteroatoms. The molecule has 20 heavy (non-hydrogen) atoms. The number of nitrogens with zero attached hydrogens (tertiary/aromatic N) is 3. The predicted octanol–water partition coefficient (Wildman–Crippen LogP) is 2.38. The standard InChI is InChI=1S/C14H22BrN3O2/c1-4-11-13(15)12(18(5-2)16-11)8-17-6-10(7-17)9(3)14(19)20/h9-10H,4-8H2,1-3H3,(H,19,20). The molecule has 0 spiro atoms. The number of hydrogen-bond acceptors (Lipinski definition) is 3. The number of aryl methyl sites for hydroxylation is 2. The summed E-state index contributed by atoms with van der Waals surface area (Å²) in [6.45, 7) is 9.40. The molecule has 1 fully saturated rings. The molecular formula is C14H22BrN3O2. The zero-order valence-electron chi connectivity index (χ0n) is 12.3. The van der Waals surface area contributed by atoms with Gasteiger partial charge in [-0.2, -0.15) is 5.10 Å². The molecule has 0 bridgehead atoms. The maximum absolute atomic E-state index is 11.0. The smallest absolute Gasteiger partial charge is 0.306 e. The van der Waals surface area contributed by atoms with Gasteiger partial charge in [-0.25, -0.2) is 0 Å². The van der Waals surface area contributed by atoms with Crippen molar-refractivity contribution in [3.05, 3.63) is 15.9 Å². The van der Waals surface area contributed by atoms with E-state index in [9.17, 15) is 4.79 Å². The quantitative estimate of drug-likeness (QED) is 0.861. The van der Waals surface area contributed by atoms with Crippen molar-refractivity contribution in [3.63, 3.8) is 0 Å². The van der Waals surface area contributed by atoms with Gasteiger partial charge in [0.15, 0.2) is 0 Å². The third-order valence-electron chi connectivity index (χ3n) is 4.15. The van der Waals surface area contributed by atoms with Crippen molar-refractivity contribution in [3.8, 4) is 0 Å². The van der Waals surface area contributed by atoms with Crippen LogP contribution in [-0.2, 0) is 24.3 Å². The van der Waals surface area contributed by atoms with Gasteiger partial charge >= 0.3 is 5.97 Å². The SMILES string of the molecule is CCc1nn(CC)c(CN2CC(C(C)C(=O)O)C2)c1Br. The van der Waals surface area contributed by atoms with Crippen LogP contribution >= 0.6 is 15.9 Å². The van der Waals surface area contributed by atoms with Crippen LogP contribution in [0.25, 0.3) is 0 Å². The normalized spacial score (nSPS) is 18.0. The molecule has 1 saturated heterocycles. The molecule has 0 aromatic carbocycles. The Kier molecular flexibility index (Phi) is 4.86. The molecule has 5 nitrogen and oxygen atoms in total. The van der Waals surface area contributed by atoms with E-state index in [0.717, 1.165) is 42.8 Å². The van der Waals surface area contributed by atoms with Gasteiger partial charge in [-0.3, -0.25) is 14.4 Å². The highest BCUT2D eigenvalue weighted by Crippen LogP contribution is 2.29. The van der Waals surface area contributed by atoms with E-state index in [1.807, 2.05) is 4.68 Å². The van der Waals surface area contributed by atoms with E-state index in [1.165, 1.54) is 5.69 Å². The van der Waals surface area contributed by atoms with Crippen molar-refractivity contribution in [2.45, 2.75) is 40.3 Å². The average molecular weight is 344 g/mol. The van der Waals surface area contributed by atoms with Crippen LogP contribution in [0.4, 0.5) is 0 Å². The second-order valence-electron chi connectivity index (χ2n) is 5.46. The summed E-state index contributed by atoms with van der Waals surface area (Å²) in [6.07, 6.45) is 0.916. The third-order valence-corrected chi connectivity index (χ3v) is 5.06. The minimum absolute atomic E-state index is 0.253. The molecule has 1 aromatic heterocycles. The number of carboxylic acid groups (broad SMARTS) is 1. The highest BCUT2D eigenvalue weighted by atomic mass is 79.9. The molecule has 1 N–H and O–H groups in total. The molecule has 0 radical (unpaired) electrons. The first-order valence-electron chi connectivity index (χ1n) is 7.17. The van der Waals surface area contributed by atoms with Crippen molar-refractivity contribution in [2.75, 3.05) is 13.1 Å². The number of carboxylic acids is 1. The fraction of sp³-hybridized carbons (Fsp3) is 0.714. The van der Waals surface area contributed by atoms with Crippen LogP contribution in [0.15, 0.2) is 4.47 Å². The van der Waals surface area contributed by atoms with Gasteiger partial charge in [0.05, 0.1) is 21.8 Å². The van der Waals surface area contributed by atoms with Crippen molar-refractivity contribution in [2.24, 2.45) is 11.8 Å². The molecule has 1 aliphatic heterocycles. The van der Waals surface area contributed by atoms with E-state index in [4.69, 9.17) is 5.11 Å². The second kappa shape index (κ2) is 6.26. The number of halogens is 1. The zero-order chi connectivity index (χ0) is 14.9. The molecular weight excluding hydrogens is 322 g/mol. The van der Waals surface area contributed by atoms with Crippen molar-refractivity contribution in [1.82, 2.24) is 14.7 Å². The monoisotopic (exact) mass is 343 g/mol. The average Bonchev–Trinajstić information content (AvgIpc) is 2.68. The maximum atomic E-state index is 11.0. The Morgan fingerprint density at radius 2 is 2.15 bits per heavy atom. The Labute approximate surface area is 128 Å². The van der Waals surface area contributed by atoms with Crippen molar-refractivity contribution in [1.29, 1.82) is 0 Å². The molecule has 0 amide bonds. The van der Waals surface area contributed by atoms with Crippen LogP contribution in [0.5, 0.6) is 0 Å². The number of aliphatic carboxylic acids is 1. The van der Waals surface area contributed by atoms with E-state index < -0.39 is 5.97 Å². The summed E-state index contributed by atoms with van der Waals surface area (Å²) < 4.78 is 3.15. The lowest BCUT2D eigenvalue weighted by Crippen LogP contribution is -2.50. The molecule has 2 heterocycles. The Hall–Kier alpha value is -0.880. The Morgan fingerprint density at radius 3 is 2.65 bits per heavy atom. The fourth-order valence-corrected chi connectivity index (χ4v) is 3.33. The molecule has 1 aliphatic rings. The fourth-order valence-electron chi connectivity index (χ4n) is 2.64. The lowest BCUT2D eigenvalue weighted by Gasteiger charge is -2.41. The summed E-state index contributed by atoms with van der Waals surface area (Å²) in [4.78, 5) is 13.2. The first-order chi connectivity index (χ1) is 9.47. The second-order valence-corrected chi connectivity index (χ2v) is 6.25. The largest absolute Gasteiger partial charge is 0.481 e. The van der Waals surface area contributed by atoms with Crippen molar-refractivity contribution >= 4 is 21.9 Å². The number of likely N-dealkylation sites (tertiary alicyclic amines) is 1. The van der Waals surface area contributed by atoms with E-state index in [1.54, 1.807) is 6.92 Å². The molecule has 0 saturated carbocycles. The van der Waals surface area contributed by atoms with Gasteiger partial charge in [-0.05, 0) is 35.2 Å². The summed E-state index contributed by atoms with van der Waals surface area (Å²) in [6, 6.07) is 0. The highest BCUT2D eigenvalue weighted by molar-refractivity contribution is 9.10. The highest BCUT2D eigenvalue weighted by Gasteiger charge is 2.35. The van der Waals surface area contributed by atoms with Gasteiger partial charge in [-0.1, -0.05) is 13.8 Å². The third kappa shape index (κ3) is 2.91. The molecule has 1 aromatic rings. The van der Waals surface area contributed by atoms with Crippen LogP contribution in [0.3, 0.4) is 0 Å². The lowest BCUT2D eigenvalue weighted by atomic mass is 9.87. The summed E-state index contributed by atoms with van der Waals surface area (Å²) >= 11 is 3.65. The number of hydrogen-bond donors (Lipinski definition) is 1. The first-order valence-corrected chi connectivity index (χ1v) is 7.96. The Morgan fingerprint density at radius 1 is 1.50 bits per heavy atom. The summed E-state index contributed by atoms with van der Waals surface area (Å²) in [5.74, 6) is -0.672. The van der Waals surface area contributed by atoms with Gasteiger partial charge in [0.2, 0.25) is 0 Å². The summed E-state index contributed by atoms with van der Waals surface area (Å²) in [7, 11) is 0. The molecule has 2 rings (SSSR count). The van der Waals surface area contributed by atoms with Gasteiger partial charge in [0.25, 0.3) is 0 Å². The van der Waals surface area contributed by atoms with E-state index in [2.05, 4.69) is 39.8 Å². The Balaban J connectivity index is 1.99. The summed E-state index contributed by atoms with van der Waals surface area (Å²) in [5.41, 5.74) is 2.30. The molecule has 1 unspecified atom stereocenters. The van der Waals surface area contributed by atoms with Crippen LogP contribution in [0, 0.1) is 11.8 Å². The first kappa shape index (κ1) is 15.5. The van der Waals surface area contributed by atoms with E-state index in [0.29, 0.717) is 0 Å². The van der Waals surface area contributed by atoms with Crippen LogP contribution in [0.1, 0.15) is 32.2 Å². The van der Waals surface area contributed by atoms with E-state index >= 15 is 0 Å². The molecule has 0 aliphatic carbocycles. The van der Waals surface area contributed by atoms with Gasteiger partial charge in [-0.15, -0.1) is 0 Å². The number of carbonyl (C=O) groups is 1. The van der Waals surface area contributed by atoms with Crippen LogP contribution in [-0.4, -0.2) is 38.8 Å².